The topological polar surface area (TPSA) is 166 Å². The van der Waals surface area contributed by atoms with Crippen LogP contribution in [-0.2, 0) is 24.5 Å². The second-order valence-corrected chi connectivity index (χ2v) is 4.65. The first-order valence-electron chi connectivity index (χ1n) is 3.67. The molecule has 0 saturated heterocycles. The Kier molecular flexibility index (Phi) is 3.98. The first-order chi connectivity index (χ1) is 7.03. The molecule has 10 heteroatoms. The smallest absolute Gasteiger partial charge is 0.328 e. The van der Waals surface area contributed by atoms with E-state index in [1.807, 2.05) is 0 Å². The van der Waals surface area contributed by atoms with Gasteiger partial charge in [0.1, 0.15) is 0 Å². The average molecular weight is 256 g/mol. The zero-order chi connectivity index (χ0) is 13.1. The van der Waals surface area contributed by atoms with Gasteiger partial charge in [0.15, 0.2) is 0 Å². The van der Waals surface area contributed by atoms with Gasteiger partial charge in [0.2, 0.25) is 4.75 Å². The van der Waals surface area contributed by atoms with Crippen LogP contribution in [0.25, 0.3) is 0 Å². The molecule has 0 aliphatic rings. The summed E-state index contributed by atoms with van der Waals surface area (Å²) in [6.07, 6.45) is -3.10. The van der Waals surface area contributed by atoms with Crippen molar-refractivity contribution in [2.24, 2.45) is 0 Å². The number of carboxylic acids is 3. The minimum absolute atomic E-state index is 1.55. The highest BCUT2D eigenvalue weighted by atomic mass is 32.2. The van der Waals surface area contributed by atoms with Crippen LogP contribution in [0.4, 0.5) is 0 Å². The molecule has 0 aromatic heterocycles. The quantitative estimate of drug-likeness (QED) is 0.420. The van der Waals surface area contributed by atoms with Crippen molar-refractivity contribution in [1.82, 2.24) is 0 Å². The summed E-state index contributed by atoms with van der Waals surface area (Å²) in [6.45, 7) is 0. The van der Waals surface area contributed by atoms with Gasteiger partial charge >= 0.3 is 17.9 Å². The van der Waals surface area contributed by atoms with E-state index < -0.39 is 45.6 Å². The molecule has 0 bridgehead atoms. The van der Waals surface area contributed by atoms with Gasteiger partial charge in [-0.25, -0.2) is 0 Å². The summed E-state index contributed by atoms with van der Waals surface area (Å²) in [6, 6.07) is 0. The number of rotatable bonds is 6. The monoisotopic (exact) mass is 256 g/mol. The molecule has 0 spiro atoms. The Hall–Kier alpha value is -1.68. The highest BCUT2D eigenvalue weighted by Crippen LogP contribution is 2.26. The standard InChI is InChI=1S/C6H8O9S/c7-3(8)1-6(5(11)12,2-4(9)10)16(13,14)15/h1-2H2,(H,7,8)(H,9,10)(H,11,12)(H,13,14,15). The summed E-state index contributed by atoms with van der Waals surface area (Å²) < 4.78 is 27.0. The maximum Gasteiger partial charge on any atom is 0.328 e. The van der Waals surface area contributed by atoms with Crippen LogP contribution in [0.1, 0.15) is 12.8 Å². The van der Waals surface area contributed by atoms with Crippen molar-refractivity contribution in [2.45, 2.75) is 17.6 Å². The molecule has 0 aromatic rings. The van der Waals surface area contributed by atoms with E-state index in [1.165, 1.54) is 0 Å². The fourth-order valence-electron chi connectivity index (χ4n) is 0.995. The molecule has 0 amide bonds. The minimum Gasteiger partial charge on any atom is -0.481 e. The molecule has 0 saturated carbocycles. The number of hydrogen-bond acceptors (Lipinski definition) is 5. The SMILES string of the molecule is O=C(O)CC(CC(=O)O)(C(=O)O)S(=O)(=O)O. The van der Waals surface area contributed by atoms with E-state index in [2.05, 4.69) is 0 Å². The highest BCUT2D eigenvalue weighted by molar-refractivity contribution is 7.88. The second kappa shape index (κ2) is 4.45. The molecule has 0 unspecified atom stereocenters. The summed E-state index contributed by atoms with van der Waals surface area (Å²) in [4.78, 5) is 31.3. The van der Waals surface area contributed by atoms with E-state index >= 15 is 0 Å². The van der Waals surface area contributed by atoms with E-state index in [0.29, 0.717) is 0 Å². The predicted molar refractivity (Wildman–Crippen MR) is 46.4 cm³/mol. The van der Waals surface area contributed by atoms with Crippen molar-refractivity contribution in [3.63, 3.8) is 0 Å². The molecule has 0 radical (unpaired) electrons. The first kappa shape index (κ1) is 14.3. The van der Waals surface area contributed by atoms with Crippen LogP contribution in [-0.4, -0.2) is 50.9 Å². The zero-order valence-electron chi connectivity index (χ0n) is 7.65. The minimum atomic E-state index is -5.38. The molecular formula is C6H8O9S. The van der Waals surface area contributed by atoms with E-state index in [9.17, 15) is 22.8 Å². The Morgan fingerprint density at radius 3 is 1.38 bits per heavy atom. The van der Waals surface area contributed by atoms with Gasteiger partial charge in [0.25, 0.3) is 10.1 Å². The molecule has 0 aliphatic carbocycles. The lowest BCUT2D eigenvalue weighted by Gasteiger charge is -2.21. The highest BCUT2D eigenvalue weighted by Gasteiger charge is 2.54. The molecule has 16 heavy (non-hydrogen) atoms. The fraction of sp³-hybridized carbons (Fsp3) is 0.500. The molecule has 9 nitrogen and oxygen atoms in total. The van der Waals surface area contributed by atoms with Crippen LogP contribution in [0.3, 0.4) is 0 Å². The van der Waals surface area contributed by atoms with E-state index in [0.717, 1.165) is 0 Å². The van der Waals surface area contributed by atoms with Gasteiger partial charge in [0.05, 0.1) is 12.8 Å². The van der Waals surface area contributed by atoms with Gasteiger partial charge in [-0.3, -0.25) is 18.9 Å². The van der Waals surface area contributed by atoms with Gasteiger partial charge in [-0.15, -0.1) is 0 Å². The van der Waals surface area contributed by atoms with Gasteiger partial charge in [-0.05, 0) is 0 Å². The molecule has 0 aromatic carbocycles. The van der Waals surface area contributed by atoms with Crippen molar-refractivity contribution in [2.75, 3.05) is 0 Å². The Labute approximate surface area is 89.1 Å². The van der Waals surface area contributed by atoms with Crippen molar-refractivity contribution in [3.05, 3.63) is 0 Å². The molecule has 0 fully saturated rings. The third kappa shape index (κ3) is 2.90. The Morgan fingerprint density at radius 1 is 0.938 bits per heavy atom. The third-order valence-electron chi connectivity index (χ3n) is 1.76. The van der Waals surface area contributed by atoms with Crippen LogP contribution in [0, 0.1) is 0 Å². The summed E-state index contributed by atoms with van der Waals surface area (Å²) in [5.41, 5.74) is 0. The van der Waals surface area contributed by atoms with Crippen molar-refractivity contribution in [3.8, 4) is 0 Å². The molecule has 0 aliphatic heterocycles. The van der Waals surface area contributed by atoms with E-state index in [-0.39, 0.29) is 0 Å². The van der Waals surface area contributed by atoms with Crippen LogP contribution in [0.2, 0.25) is 0 Å². The largest absolute Gasteiger partial charge is 0.481 e. The summed E-state index contributed by atoms with van der Waals surface area (Å²) in [7, 11) is -5.38. The Morgan fingerprint density at radius 2 is 1.25 bits per heavy atom. The van der Waals surface area contributed by atoms with E-state index in [4.69, 9.17) is 19.9 Å². The summed E-state index contributed by atoms with van der Waals surface area (Å²) in [5.74, 6) is -5.96. The summed E-state index contributed by atoms with van der Waals surface area (Å²) >= 11 is 0. The van der Waals surface area contributed by atoms with Gasteiger partial charge in [-0.2, -0.15) is 8.42 Å². The lowest BCUT2D eigenvalue weighted by Crippen LogP contribution is -2.49. The van der Waals surface area contributed by atoms with Crippen LogP contribution in [0.5, 0.6) is 0 Å². The number of carbonyl (C=O) groups is 3. The number of carboxylic acid groups (broad SMARTS) is 3. The molecule has 4 N–H and O–H groups in total. The van der Waals surface area contributed by atoms with Crippen LogP contribution >= 0.6 is 0 Å². The zero-order valence-corrected chi connectivity index (χ0v) is 8.47. The predicted octanol–water partition coefficient (Wildman–Crippen LogP) is -1.35. The molecular weight excluding hydrogens is 248 g/mol. The first-order valence-corrected chi connectivity index (χ1v) is 5.11. The Balaban J connectivity index is 5.68. The van der Waals surface area contributed by atoms with E-state index in [1.54, 1.807) is 0 Å². The third-order valence-corrected chi connectivity index (χ3v) is 3.21. The maximum atomic E-state index is 10.8. The molecule has 92 valence electrons. The Bertz CT molecular complexity index is 403. The second-order valence-electron chi connectivity index (χ2n) is 2.92. The van der Waals surface area contributed by atoms with Crippen LogP contribution in [0.15, 0.2) is 0 Å². The molecule has 0 atom stereocenters. The van der Waals surface area contributed by atoms with Crippen molar-refractivity contribution < 1.29 is 42.7 Å². The summed E-state index contributed by atoms with van der Waals surface area (Å²) in [5, 5.41) is 25.3. The number of hydrogen-bond donors (Lipinski definition) is 4. The lowest BCUT2D eigenvalue weighted by atomic mass is 10.0. The molecule has 0 heterocycles. The fourth-order valence-corrected chi connectivity index (χ4v) is 1.83. The van der Waals surface area contributed by atoms with Crippen molar-refractivity contribution >= 4 is 28.0 Å². The van der Waals surface area contributed by atoms with Crippen LogP contribution < -0.4 is 0 Å². The van der Waals surface area contributed by atoms with Crippen molar-refractivity contribution in [1.29, 1.82) is 0 Å². The number of aliphatic carboxylic acids is 3. The maximum absolute atomic E-state index is 10.8. The van der Waals surface area contributed by atoms with Gasteiger partial charge in [0, 0.05) is 0 Å². The van der Waals surface area contributed by atoms with Gasteiger partial charge in [-0.1, -0.05) is 0 Å². The lowest BCUT2D eigenvalue weighted by molar-refractivity contribution is -0.150. The molecule has 0 rings (SSSR count). The van der Waals surface area contributed by atoms with Gasteiger partial charge < -0.3 is 15.3 Å². The average Bonchev–Trinajstić information content (AvgIpc) is 1.97. The normalized spacial score (nSPS) is 12.1.